The van der Waals surface area contributed by atoms with Crippen LogP contribution in [-0.4, -0.2) is 65.3 Å². The van der Waals surface area contributed by atoms with Crippen molar-refractivity contribution in [2.24, 2.45) is 0 Å². The van der Waals surface area contributed by atoms with E-state index in [1.165, 1.54) is 11.1 Å². The SMILES string of the molecule is Cc1ccccc1CN1CCN(C(=O)CN2C(=O)NC(C)(c3ccccc3)C2=O)CC1. The molecule has 2 heterocycles. The van der Waals surface area contributed by atoms with E-state index >= 15 is 0 Å². The molecule has 4 rings (SSSR count). The van der Waals surface area contributed by atoms with Crippen LogP contribution in [0.25, 0.3) is 0 Å². The molecule has 0 bridgehead atoms. The number of nitrogens with one attached hydrogen (secondary N) is 1. The largest absolute Gasteiger partial charge is 0.339 e. The van der Waals surface area contributed by atoms with E-state index in [0.29, 0.717) is 18.7 Å². The summed E-state index contributed by atoms with van der Waals surface area (Å²) in [6.07, 6.45) is 0. The highest BCUT2D eigenvalue weighted by Crippen LogP contribution is 2.28. The minimum Gasteiger partial charge on any atom is -0.339 e. The highest BCUT2D eigenvalue weighted by atomic mass is 16.2. The number of hydrogen-bond donors (Lipinski definition) is 1. The van der Waals surface area contributed by atoms with Gasteiger partial charge in [-0.15, -0.1) is 0 Å². The lowest BCUT2D eigenvalue weighted by atomic mass is 9.92. The van der Waals surface area contributed by atoms with Crippen molar-refractivity contribution in [3.8, 4) is 0 Å². The average molecular weight is 421 g/mol. The number of urea groups is 1. The quantitative estimate of drug-likeness (QED) is 0.752. The van der Waals surface area contributed by atoms with Crippen LogP contribution in [0.5, 0.6) is 0 Å². The fraction of sp³-hybridized carbons (Fsp3) is 0.375. The number of aryl methyl sites for hydroxylation is 1. The molecule has 0 aliphatic carbocycles. The molecule has 2 aliphatic rings. The van der Waals surface area contributed by atoms with Gasteiger partial charge in [0.2, 0.25) is 5.91 Å². The van der Waals surface area contributed by atoms with Gasteiger partial charge in [0.1, 0.15) is 12.1 Å². The van der Waals surface area contributed by atoms with E-state index in [0.717, 1.165) is 24.5 Å². The molecule has 1 unspecified atom stereocenters. The number of carbonyl (C=O) groups is 3. The van der Waals surface area contributed by atoms with Gasteiger partial charge in [0.05, 0.1) is 0 Å². The van der Waals surface area contributed by atoms with Crippen LogP contribution < -0.4 is 5.32 Å². The van der Waals surface area contributed by atoms with Gasteiger partial charge in [0, 0.05) is 32.7 Å². The minimum absolute atomic E-state index is 0.198. The van der Waals surface area contributed by atoms with Crippen LogP contribution in [0.2, 0.25) is 0 Å². The Hall–Kier alpha value is -3.19. The Kier molecular flexibility index (Phi) is 5.78. The van der Waals surface area contributed by atoms with E-state index in [-0.39, 0.29) is 12.5 Å². The Morgan fingerprint density at radius 2 is 1.61 bits per heavy atom. The lowest BCUT2D eigenvalue weighted by Gasteiger charge is -2.35. The Morgan fingerprint density at radius 1 is 0.968 bits per heavy atom. The van der Waals surface area contributed by atoms with Gasteiger partial charge in [-0.2, -0.15) is 0 Å². The number of hydrogen-bond acceptors (Lipinski definition) is 4. The molecule has 7 nitrogen and oxygen atoms in total. The molecule has 1 atom stereocenters. The van der Waals surface area contributed by atoms with Gasteiger partial charge in [0.15, 0.2) is 0 Å². The van der Waals surface area contributed by atoms with Crippen molar-refractivity contribution in [3.63, 3.8) is 0 Å². The van der Waals surface area contributed by atoms with Gasteiger partial charge in [0.25, 0.3) is 5.91 Å². The number of carbonyl (C=O) groups excluding carboxylic acids is 3. The molecular formula is C24H28N4O3. The van der Waals surface area contributed by atoms with E-state index in [1.54, 1.807) is 24.0 Å². The molecule has 7 heteroatoms. The van der Waals surface area contributed by atoms with Crippen LogP contribution in [0.4, 0.5) is 4.79 Å². The van der Waals surface area contributed by atoms with E-state index in [1.807, 2.05) is 30.3 Å². The van der Waals surface area contributed by atoms with Crippen molar-refractivity contribution < 1.29 is 14.4 Å². The number of amides is 4. The first-order valence-corrected chi connectivity index (χ1v) is 10.6. The summed E-state index contributed by atoms with van der Waals surface area (Å²) in [5.41, 5.74) is 2.11. The van der Waals surface area contributed by atoms with Crippen molar-refractivity contribution in [3.05, 3.63) is 71.3 Å². The monoisotopic (exact) mass is 420 g/mol. The summed E-state index contributed by atoms with van der Waals surface area (Å²) in [5, 5.41) is 2.75. The molecule has 162 valence electrons. The molecule has 0 radical (unpaired) electrons. The summed E-state index contributed by atoms with van der Waals surface area (Å²) in [4.78, 5) is 43.5. The fourth-order valence-corrected chi connectivity index (χ4v) is 4.23. The summed E-state index contributed by atoms with van der Waals surface area (Å²) >= 11 is 0. The van der Waals surface area contributed by atoms with Crippen LogP contribution in [0.15, 0.2) is 54.6 Å². The molecule has 2 aromatic rings. The van der Waals surface area contributed by atoms with E-state index in [2.05, 4.69) is 29.3 Å². The number of nitrogens with zero attached hydrogens (tertiary/aromatic N) is 3. The van der Waals surface area contributed by atoms with Crippen LogP contribution in [0.3, 0.4) is 0 Å². The Morgan fingerprint density at radius 3 is 2.29 bits per heavy atom. The van der Waals surface area contributed by atoms with E-state index < -0.39 is 17.5 Å². The van der Waals surface area contributed by atoms with Crippen molar-refractivity contribution in [2.45, 2.75) is 25.9 Å². The summed E-state index contributed by atoms with van der Waals surface area (Å²) in [7, 11) is 0. The highest BCUT2D eigenvalue weighted by molar-refractivity contribution is 6.09. The zero-order valence-corrected chi connectivity index (χ0v) is 18.0. The van der Waals surface area contributed by atoms with E-state index in [4.69, 9.17) is 0 Å². The minimum atomic E-state index is -1.15. The van der Waals surface area contributed by atoms with Gasteiger partial charge < -0.3 is 10.2 Å². The molecule has 31 heavy (non-hydrogen) atoms. The second-order valence-electron chi connectivity index (χ2n) is 8.40. The van der Waals surface area contributed by atoms with Gasteiger partial charge in [-0.05, 0) is 30.5 Å². The van der Waals surface area contributed by atoms with E-state index in [9.17, 15) is 14.4 Å². The standard InChI is InChI=1S/C24H28N4O3/c1-18-8-6-7-9-19(18)16-26-12-14-27(15-13-26)21(29)17-28-22(30)24(2,25-23(28)31)20-10-4-3-5-11-20/h3-11H,12-17H2,1-2H3,(H,25,31). The number of piperazine rings is 1. The van der Waals surface area contributed by atoms with Gasteiger partial charge in [-0.25, -0.2) is 4.79 Å². The molecule has 4 amide bonds. The Bertz CT molecular complexity index is 985. The first-order valence-electron chi connectivity index (χ1n) is 10.6. The molecule has 1 N–H and O–H groups in total. The molecule has 2 aliphatic heterocycles. The summed E-state index contributed by atoms with van der Waals surface area (Å²) in [6, 6.07) is 16.9. The summed E-state index contributed by atoms with van der Waals surface area (Å²) in [5.74, 6) is -0.591. The maximum atomic E-state index is 13.0. The second-order valence-corrected chi connectivity index (χ2v) is 8.40. The smallest absolute Gasteiger partial charge is 0.325 e. The van der Waals surface area contributed by atoms with Crippen molar-refractivity contribution in [2.75, 3.05) is 32.7 Å². The van der Waals surface area contributed by atoms with Crippen LogP contribution >= 0.6 is 0 Å². The summed E-state index contributed by atoms with van der Waals surface area (Å²) < 4.78 is 0. The van der Waals surface area contributed by atoms with Crippen molar-refractivity contribution in [1.82, 2.24) is 20.0 Å². The summed E-state index contributed by atoms with van der Waals surface area (Å²) in [6.45, 7) is 7.12. The maximum absolute atomic E-state index is 13.0. The zero-order valence-electron chi connectivity index (χ0n) is 18.0. The Labute approximate surface area is 182 Å². The highest BCUT2D eigenvalue weighted by Gasteiger charge is 2.49. The first-order chi connectivity index (χ1) is 14.9. The molecular weight excluding hydrogens is 392 g/mol. The van der Waals surface area contributed by atoms with Crippen molar-refractivity contribution in [1.29, 1.82) is 0 Å². The lowest BCUT2D eigenvalue weighted by Crippen LogP contribution is -2.51. The van der Waals surface area contributed by atoms with Gasteiger partial charge >= 0.3 is 6.03 Å². The normalized spacial score (nSPS) is 22.0. The second kappa shape index (κ2) is 8.51. The molecule has 0 spiro atoms. The third-order valence-electron chi connectivity index (χ3n) is 6.30. The molecule has 0 saturated carbocycles. The lowest BCUT2D eigenvalue weighted by molar-refractivity contribution is -0.139. The van der Waals surface area contributed by atoms with Crippen molar-refractivity contribution >= 4 is 17.8 Å². The molecule has 0 aromatic heterocycles. The first kappa shape index (κ1) is 21.1. The number of imide groups is 1. The zero-order chi connectivity index (χ0) is 22.0. The maximum Gasteiger partial charge on any atom is 0.325 e. The molecule has 2 aromatic carbocycles. The topological polar surface area (TPSA) is 73.0 Å². The number of benzene rings is 2. The van der Waals surface area contributed by atoms with Crippen LogP contribution in [0, 0.1) is 6.92 Å². The molecule has 2 saturated heterocycles. The predicted molar refractivity (Wildman–Crippen MR) is 117 cm³/mol. The Balaban J connectivity index is 1.34. The third kappa shape index (κ3) is 4.18. The fourth-order valence-electron chi connectivity index (χ4n) is 4.23. The van der Waals surface area contributed by atoms with Crippen LogP contribution in [0.1, 0.15) is 23.6 Å². The number of rotatable bonds is 5. The molecule has 2 fully saturated rings. The predicted octanol–water partition coefficient (Wildman–Crippen LogP) is 2.11. The third-order valence-corrected chi connectivity index (χ3v) is 6.30. The average Bonchev–Trinajstić information content (AvgIpc) is 3.00. The van der Waals surface area contributed by atoms with Crippen LogP contribution in [-0.2, 0) is 21.7 Å². The van der Waals surface area contributed by atoms with Gasteiger partial charge in [-0.3, -0.25) is 19.4 Å². The van der Waals surface area contributed by atoms with Gasteiger partial charge in [-0.1, -0.05) is 54.6 Å².